The minimum atomic E-state index is -0.826. The van der Waals surface area contributed by atoms with E-state index in [4.69, 9.17) is 10.5 Å². The molecule has 0 saturated heterocycles. The van der Waals surface area contributed by atoms with E-state index in [9.17, 15) is 9.59 Å². The minimum Gasteiger partial charge on any atom is -0.452 e. The van der Waals surface area contributed by atoms with Gasteiger partial charge in [0.1, 0.15) is 0 Å². The Bertz CT molecular complexity index is 216. The summed E-state index contributed by atoms with van der Waals surface area (Å²) in [4.78, 5) is 22.3. The molecule has 0 radical (unpaired) electrons. The van der Waals surface area contributed by atoms with Crippen molar-refractivity contribution in [1.29, 1.82) is 0 Å². The summed E-state index contributed by atoms with van der Waals surface area (Å²) >= 11 is 0. The van der Waals surface area contributed by atoms with Crippen LogP contribution in [0, 0.1) is 5.92 Å². The van der Waals surface area contributed by atoms with Gasteiger partial charge in [0, 0.05) is 0 Å². The number of nitrogens with two attached hydrogens (primary N) is 1. The normalized spacial score (nSPS) is 14.3. The molecule has 0 aromatic heterocycles. The molecule has 0 aliphatic carbocycles. The van der Waals surface area contributed by atoms with Crippen molar-refractivity contribution in [3.8, 4) is 0 Å². The van der Waals surface area contributed by atoms with Crippen LogP contribution in [0.25, 0.3) is 0 Å². The van der Waals surface area contributed by atoms with Gasteiger partial charge in [-0.3, -0.25) is 9.59 Å². The van der Waals surface area contributed by atoms with Gasteiger partial charge in [-0.05, 0) is 19.8 Å². The number of carbonyl (C=O) groups excluding carboxylic acids is 2. The Balaban J connectivity index is 4.09. The van der Waals surface area contributed by atoms with E-state index in [1.54, 1.807) is 0 Å². The third kappa shape index (κ3) is 5.40. The van der Waals surface area contributed by atoms with Crippen molar-refractivity contribution >= 4 is 11.9 Å². The highest BCUT2D eigenvalue weighted by atomic mass is 16.5. The maximum absolute atomic E-state index is 11.6. The lowest BCUT2D eigenvalue weighted by molar-refractivity contribution is -0.158. The quantitative estimate of drug-likeness (QED) is 0.656. The summed E-state index contributed by atoms with van der Waals surface area (Å²) in [5.41, 5.74) is 5.01. The van der Waals surface area contributed by atoms with E-state index in [-0.39, 0.29) is 11.9 Å². The summed E-state index contributed by atoms with van der Waals surface area (Å²) in [5.74, 6) is -1.02. The Labute approximate surface area is 91.2 Å². The molecule has 2 N–H and O–H groups in total. The zero-order valence-electron chi connectivity index (χ0n) is 9.79. The predicted molar refractivity (Wildman–Crippen MR) is 58.1 cm³/mol. The Kier molecular flexibility index (Phi) is 6.75. The number of amides is 1. The van der Waals surface area contributed by atoms with Gasteiger partial charge in [0.15, 0.2) is 6.10 Å². The summed E-state index contributed by atoms with van der Waals surface area (Å²) in [6, 6.07) is 0. The van der Waals surface area contributed by atoms with Crippen molar-refractivity contribution in [3.63, 3.8) is 0 Å². The third-order valence-corrected chi connectivity index (χ3v) is 2.43. The molecule has 0 heterocycles. The molecule has 1 amide bonds. The zero-order valence-corrected chi connectivity index (χ0v) is 9.79. The van der Waals surface area contributed by atoms with E-state index in [2.05, 4.69) is 6.92 Å². The van der Waals surface area contributed by atoms with E-state index in [0.29, 0.717) is 0 Å². The lowest BCUT2D eigenvalue weighted by atomic mass is 10.00. The molecular weight excluding hydrogens is 194 g/mol. The van der Waals surface area contributed by atoms with E-state index in [1.165, 1.54) is 6.92 Å². The summed E-state index contributed by atoms with van der Waals surface area (Å²) in [7, 11) is 0. The number of ether oxygens (including phenoxy) is 1. The highest BCUT2D eigenvalue weighted by molar-refractivity contribution is 5.82. The number of rotatable bonds is 7. The molecule has 0 fully saturated rings. The first-order valence-electron chi connectivity index (χ1n) is 5.52. The molecule has 0 aliphatic heterocycles. The molecule has 0 aliphatic rings. The van der Waals surface area contributed by atoms with Crippen LogP contribution in [0.5, 0.6) is 0 Å². The van der Waals surface area contributed by atoms with Crippen molar-refractivity contribution in [2.24, 2.45) is 11.7 Å². The molecule has 4 heteroatoms. The van der Waals surface area contributed by atoms with Gasteiger partial charge in [0.25, 0.3) is 5.91 Å². The molecule has 4 nitrogen and oxygen atoms in total. The monoisotopic (exact) mass is 215 g/mol. The van der Waals surface area contributed by atoms with Crippen molar-refractivity contribution in [2.75, 3.05) is 0 Å². The van der Waals surface area contributed by atoms with Crippen molar-refractivity contribution in [3.05, 3.63) is 0 Å². The average Bonchev–Trinajstić information content (AvgIpc) is 2.18. The Morgan fingerprint density at radius 3 is 2.33 bits per heavy atom. The van der Waals surface area contributed by atoms with Crippen LogP contribution in [0.15, 0.2) is 0 Å². The lowest BCUT2D eigenvalue weighted by Gasteiger charge is -2.16. The molecule has 0 spiro atoms. The fraction of sp³-hybridized carbons (Fsp3) is 0.818. The fourth-order valence-electron chi connectivity index (χ4n) is 1.27. The van der Waals surface area contributed by atoms with Gasteiger partial charge in [0.2, 0.25) is 0 Å². The second kappa shape index (κ2) is 7.26. The van der Waals surface area contributed by atoms with Gasteiger partial charge in [-0.1, -0.05) is 26.7 Å². The summed E-state index contributed by atoms with van der Waals surface area (Å²) in [6.07, 6.45) is 2.78. The summed E-state index contributed by atoms with van der Waals surface area (Å²) in [5, 5.41) is 0. The molecule has 0 aromatic carbocycles. The summed E-state index contributed by atoms with van der Waals surface area (Å²) in [6.45, 7) is 5.51. The maximum atomic E-state index is 11.6. The van der Waals surface area contributed by atoms with Gasteiger partial charge in [0.05, 0.1) is 5.92 Å². The SMILES string of the molecule is CCCC[C@H](CC)C(=O)O[C@@H](C)C(N)=O. The maximum Gasteiger partial charge on any atom is 0.309 e. The molecule has 15 heavy (non-hydrogen) atoms. The fourth-order valence-corrected chi connectivity index (χ4v) is 1.27. The van der Waals surface area contributed by atoms with Crippen molar-refractivity contribution < 1.29 is 14.3 Å². The van der Waals surface area contributed by atoms with Crippen LogP contribution in [0.4, 0.5) is 0 Å². The Morgan fingerprint density at radius 2 is 1.93 bits per heavy atom. The number of hydrogen-bond donors (Lipinski definition) is 1. The van der Waals surface area contributed by atoms with E-state index in [1.807, 2.05) is 6.92 Å². The number of hydrogen-bond acceptors (Lipinski definition) is 3. The largest absolute Gasteiger partial charge is 0.452 e. The first-order chi connectivity index (χ1) is 7.02. The summed E-state index contributed by atoms with van der Waals surface area (Å²) < 4.78 is 4.95. The van der Waals surface area contributed by atoms with Crippen LogP contribution in [0.1, 0.15) is 46.5 Å². The zero-order chi connectivity index (χ0) is 11.8. The van der Waals surface area contributed by atoms with Crippen LogP contribution < -0.4 is 5.73 Å². The predicted octanol–water partition coefficient (Wildman–Crippen LogP) is 1.62. The van der Waals surface area contributed by atoms with Crippen molar-refractivity contribution in [1.82, 2.24) is 0 Å². The van der Waals surface area contributed by atoms with Crippen molar-refractivity contribution in [2.45, 2.75) is 52.6 Å². The smallest absolute Gasteiger partial charge is 0.309 e. The van der Waals surface area contributed by atoms with Crippen LogP contribution in [-0.4, -0.2) is 18.0 Å². The van der Waals surface area contributed by atoms with Gasteiger partial charge >= 0.3 is 5.97 Å². The minimum absolute atomic E-state index is 0.105. The van der Waals surface area contributed by atoms with Crippen LogP contribution in [0.3, 0.4) is 0 Å². The molecule has 0 saturated carbocycles. The third-order valence-electron chi connectivity index (χ3n) is 2.43. The van der Waals surface area contributed by atoms with Gasteiger partial charge in [-0.15, -0.1) is 0 Å². The van der Waals surface area contributed by atoms with Crippen LogP contribution in [-0.2, 0) is 14.3 Å². The molecule has 0 bridgehead atoms. The molecular formula is C11H21NO3. The molecule has 0 aromatic rings. The first-order valence-corrected chi connectivity index (χ1v) is 5.52. The number of esters is 1. The Morgan fingerprint density at radius 1 is 1.33 bits per heavy atom. The second-order valence-electron chi connectivity index (χ2n) is 3.73. The molecule has 88 valence electrons. The Hall–Kier alpha value is -1.06. The van der Waals surface area contributed by atoms with Crippen LogP contribution in [0.2, 0.25) is 0 Å². The molecule has 0 rings (SSSR count). The van der Waals surface area contributed by atoms with Gasteiger partial charge < -0.3 is 10.5 Å². The van der Waals surface area contributed by atoms with Gasteiger partial charge in [-0.2, -0.15) is 0 Å². The topological polar surface area (TPSA) is 69.4 Å². The van der Waals surface area contributed by atoms with E-state index >= 15 is 0 Å². The van der Waals surface area contributed by atoms with E-state index in [0.717, 1.165) is 25.7 Å². The molecule has 2 atom stereocenters. The average molecular weight is 215 g/mol. The highest BCUT2D eigenvalue weighted by Crippen LogP contribution is 2.15. The highest BCUT2D eigenvalue weighted by Gasteiger charge is 2.21. The second-order valence-corrected chi connectivity index (χ2v) is 3.73. The van der Waals surface area contributed by atoms with Gasteiger partial charge in [-0.25, -0.2) is 0 Å². The lowest BCUT2D eigenvalue weighted by Crippen LogP contribution is -2.32. The van der Waals surface area contributed by atoms with E-state index < -0.39 is 12.0 Å². The standard InChI is InChI=1S/C11H21NO3/c1-4-6-7-9(5-2)11(14)15-8(3)10(12)13/h8-9H,4-7H2,1-3H3,(H2,12,13)/t8-,9-/m0/s1. The molecule has 0 unspecified atom stereocenters. The number of unbranched alkanes of at least 4 members (excludes halogenated alkanes) is 1. The number of carbonyl (C=O) groups is 2. The first kappa shape index (κ1) is 13.9. The number of primary amides is 1. The van der Waals surface area contributed by atoms with Crippen LogP contribution >= 0.6 is 0 Å².